The molecule has 0 spiro atoms. The highest BCUT2D eigenvalue weighted by molar-refractivity contribution is 6.00. The number of nitrogens with zero attached hydrogens (tertiary/aromatic N) is 1. The summed E-state index contributed by atoms with van der Waals surface area (Å²) < 4.78 is 14.6. The molecule has 2 fully saturated rings. The summed E-state index contributed by atoms with van der Waals surface area (Å²) >= 11 is 0. The highest BCUT2D eigenvalue weighted by Gasteiger charge is 2.29. The SMILES string of the molecule is CC.O=C(O)CN1CCC(c2ccc(C3CCC(=O)NC3=O)cc2F)CC1. The van der Waals surface area contributed by atoms with Gasteiger partial charge in [0.05, 0.1) is 12.5 Å². The third-order valence-corrected chi connectivity index (χ3v) is 5.05. The lowest BCUT2D eigenvalue weighted by Crippen LogP contribution is -2.39. The van der Waals surface area contributed by atoms with E-state index in [1.54, 1.807) is 12.1 Å². The van der Waals surface area contributed by atoms with Crippen molar-refractivity contribution in [3.05, 3.63) is 35.1 Å². The summed E-state index contributed by atoms with van der Waals surface area (Å²) in [6.07, 6.45) is 2.09. The maximum absolute atomic E-state index is 14.6. The Morgan fingerprint density at radius 2 is 1.89 bits per heavy atom. The zero-order chi connectivity index (χ0) is 20.0. The molecule has 0 aromatic heterocycles. The minimum atomic E-state index is -0.849. The predicted molar refractivity (Wildman–Crippen MR) is 98.9 cm³/mol. The summed E-state index contributed by atoms with van der Waals surface area (Å²) in [5.41, 5.74) is 1.21. The van der Waals surface area contributed by atoms with Gasteiger partial charge in [0.1, 0.15) is 5.82 Å². The molecular formula is C20H27FN2O4. The molecule has 2 heterocycles. The molecule has 2 N–H and O–H groups in total. The number of likely N-dealkylation sites (tertiary alicyclic amines) is 1. The van der Waals surface area contributed by atoms with Crippen LogP contribution in [0.4, 0.5) is 4.39 Å². The first-order valence-corrected chi connectivity index (χ1v) is 9.51. The Bertz CT molecular complexity index is 699. The number of carbonyl (C=O) groups excluding carboxylic acids is 2. The molecule has 2 aliphatic heterocycles. The molecule has 1 atom stereocenters. The van der Waals surface area contributed by atoms with E-state index in [4.69, 9.17) is 5.11 Å². The summed E-state index contributed by atoms with van der Waals surface area (Å²) in [5.74, 6) is -2.27. The van der Waals surface area contributed by atoms with Crippen molar-refractivity contribution >= 4 is 17.8 Å². The van der Waals surface area contributed by atoms with Gasteiger partial charge in [-0.15, -0.1) is 0 Å². The maximum atomic E-state index is 14.6. The molecule has 0 radical (unpaired) electrons. The number of hydrogen-bond donors (Lipinski definition) is 2. The van der Waals surface area contributed by atoms with Crippen LogP contribution in [0.2, 0.25) is 0 Å². The fraction of sp³-hybridized carbons (Fsp3) is 0.550. The third kappa shape index (κ3) is 5.35. The first-order valence-electron chi connectivity index (χ1n) is 9.51. The van der Waals surface area contributed by atoms with Crippen molar-refractivity contribution in [2.45, 2.75) is 51.4 Å². The Labute approximate surface area is 158 Å². The van der Waals surface area contributed by atoms with Crippen LogP contribution in [-0.2, 0) is 14.4 Å². The largest absolute Gasteiger partial charge is 0.480 e. The van der Waals surface area contributed by atoms with Gasteiger partial charge in [-0.2, -0.15) is 0 Å². The van der Waals surface area contributed by atoms with Gasteiger partial charge in [0.15, 0.2) is 0 Å². The Kier molecular flexibility index (Phi) is 7.47. The Hall–Kier alpha value is -2.28. The number of amides is 2. The van der Waals surface area contributed by atoms with Crippen LogP contribution in [0.1, 0.15) is 62.5 Å². The summed E-state index contributed by atoms with van der Waals surface area (Å²) in [7, 11) is 0. The molecular weight excluding hydrogens is 351 g/mol. The predicted octanol–water partition coefficient (Wildman–Crippen LogP) is 2.64. The molecule has 1 unspecified atom stereocenters. The number of carboxylic acid groups (broad SMARTS) is 1. The standard InChI is InChI=1S/C18H21FN2O4.C2H6/c19-15-9-12(14-3-4-16(22)20-18(14)25)1-2-13(15)11-5-7-21(8-6-11)10-17(23)24;1-2/h1-2,9,11,14H,3-8,10H2,(H,23,24)(H,20,22,25);1-2H3. The number of carbonyl (C=O) groups is 3. The summed E-state index contributed by atoms with van der Waals surface area (Å²) in [5, 5.41) is 11.1. The lowest BCUT2D eigenvalue weighted by atomic mass is 9.85. The van der Waals surface area contributed by atoms with Crippen LogP contribution in [0, 0.1) is 5.82 Å². The molecule has 0 aliphatic carbocycles. The number of carboxylic acids is 1. The molecule has 6 nitrogen and oxygen atoms in total. The Morgan fingerprint density at radius 1 is 1.22 bits per heavy atom. The van der Waals surface area contributed by atoms with E-state index in [0.717, 1.165) is 0 Å². The van der Waals surface area contributed by atoms with Gasteiger partial charge >= 0.3 is 5.97 Å². The van der Waals surface area contributed by atoms with E-state index in [9.17, 15) is 18.8 Å². The number of halogens is 1. The smallest absolute Gasteiger partial charge is 0.317 e. The summed E-state index contributed by atoms with van der Waals surface area (Å²) in [6.45, 7) is 5.28. The number of piperidine rings is 2. The van der Waals surface area contributed by atoms with Crippen molar-refractivity contribution < 1.29 is 23.9 Å². The quantitative estimate of drug-likeness (QED) is 0.787. The van der Waals surface area contributed by atoms with Crippen molar-refractivity contribution in [2.24, 2.45) is 0 Å². The molecule has 2 saturated heterocycles. The summed E-state index contributed by atoms with van der Waals surface area (Å²) in [4.78, 5) is 35.8. The van der Waals surface area contributed by atoms with Crippen LogP contribution < -0.4 is 5.32 Å². The molecule has 27 heavy (non-hydrogen) atoms. The van der Waals surface area contributed by atoms with Crippen LogP contribution in [-0.4, -0.2) is 47.4 Å². The van der Waals surface area contributed by atoms with Crippen LogP contribution in [0.15, 0.2) is 18.2 Å². The van der Waals surface area contributed by atoms with Gasteiger partial charge in [-0.3, -0.25) is 24.6 Å². The van der Waals surface area contributed by atoms with E-state index >= 15 is 0 Å². The molecule has 1 aromatic carbocycles. The van der Waals surface area contributed by atoms with Crippen molar-refractivity contribution in [2.75, 3.05) is 19.6 Å². The van der Waals surface area contributed by atoms with E-state index in [1.807, 2.05) is 18.7 Å². The van der Waals surface area contributed by atoms with E-state index in [1.165, 1.54) is 6.07 Å². The normalized spacial score (nSPS) is 21.2. The average Bonchev–Trinajstić information content (AvgIpc) is 2.64. The van der Waals surface area contributed by atoms with E-state index in [2.05, 4.69) is 5.32 Å². The number of rotatable bonds is 4. The van der Waals surface area contributed by atoms with Crippen molar-refractivity contribution in [3.8, 4) is 0 Å². The highest BCUT2D eigenvalue weighted by atomic mass is 19.1. The molecule has 2 aliphatic rings. The Balaban J connectivity index is 0.00000126. The van der Waals surface area contributed by atoms with Gasteiger partial charge in [-0.1, -0.05) is 26.0 Å². The molecule has 0 bridgehead atoms. The fourth-order valence-corrected chi connectivity index (χ4v) is 3.70. The molecule has 3 rings (SSSR count). The highest BCUT2D eigenvalue weighted by Crippen LogP contribution is 2.32. The molecule has 1 aromatic rings. The topological polar surface area (TPSA) is 86.7 Å². The van der Waals surface area contributed by atoms with Gasteiger partial charge in [-0.25, -0.2) is 4.39 Å². The van der Waals surface area contributed by atoms with Crippen LogP contribution in [0.5, 0.6) is 0 Å². The second kappa shape index (κ2) is 9.60. The van der Waals surface area contributed by atoms with E-state index in [0.29, 0.717) is 43.5 Å². The first-order chi connectivity index (χ1) is 12.9. The maximum Gasteiger partial charge on any atom is 0.317 e. The number of imide groups is 1. The number of aliphatic carboxylic acids is 1. The third-order valence-electron chi connectivity index (χ3n) is 5.05. The van der Waals surface area contributed by atoms with E-state index in [-0.39, 0.29) is 36.5 Å². The number of benzene rings is 1. The van der Waals surface area contributed by atoms with Crippen molar-refractivity contribution in [3.63, 3.8) is 0 Å². The molecule has 148 valence electrons. The average molecular weight is 378 g/mol. The monoisotopic (exact) mass is 378 g/mol. The second-order valence-corrected chi connectivity index (χ2v) is 6.73. The molecule has 7 heteroatoms. The van der Waals surface area contributed by atoms with Gasteiger partial charge < -0.3 is 5.11 Å². The van der Waals surface area contributed by atoms with E-state index < -0.39 is 11.9 Å². The zero-order valence-electron chi connectivity index (χ0n) is 15.8. The van der Waals surface area contributed by atoms with Gasteiger partial charge in [0, 0.05) is 6.42 Å². The van der Waals surface area contributed by atoms with Crippen molar-refractivity contribution in [1.29, 1.82) is 0 Å². The first kappa shape index (κ1) is 21.0. The van der Waals surface area contributed by atoms with Gasteiger partial charge in [0.25, 0.3) is 0 Å². The zero-order valence-corrected chi connectivity index (χ0v) is 15.8. The van der Waals surface area contributed by atoms with Crippen LogP contribution >= 0.6 is 0 Å². The minimum Gasteiger partial charge on any atom is -0.480 e. The second-order valence-electron chi connectivity index (χ2n) is 6.73. The minimum absolute atomic E-state index is 0.0175. The van der Waals surface area contributed by atoms with Gasteiger partial charge in [-0.05, 0) is 55.5 Å². The molecule has 2 amide bonds. The number of nitrogens with one attached hydrogen (secondary N) is 1. The lowest BCUT2D eigenvalue weighted by molar-refractivity contribution is -0.138. The van der Waals surface area contributed by atoms with Crippen molar-refractivity contribution in [1.82, 2.24) is 10.2 Å². The van der Waals surface area contributed by atoms with Crippen LogP contribution in [0.25, 0.3) is 0 Å². The molecule has 0 saturated carbocycles. The van der Waals surface area contributed by atoms with Crippen LogP contribution in [0.3, 0.4) is 0 Å². The fourth-order valence-electron chi connectivity index (χ4n) is 3.70. The number of hydrogen-bond acceptors (Lipinski definition) is 4. The van der Waals surface area contributed by atoms with Gasteiger partial charge in [0.2, 0.25) is 11.8 Å². The Morgan fingerprint density at radius 3 is 2.44 bits per heavy atom. The summed E-state index contributed by atoms with van der Waals surface area (Å²) in [6, 6.07) is 4.90. The lowest BCUT2D eigenvalue weighted by Gasteiger charge is -2.31.